The third kappa shape index (κ3) is 3.26. The highest BCUT2D eigenvalue weighted by Gasteiger charge is 2.35. The SMILES string of the molecule is COc1cccc(-c2[nH]nc3c2[C@H](c2ccc(-c4ccccc4)cc2)C(C#N)=C(N)O3)c1. The van der Waals surface area contributed by atoms with Crippen molar-refractivity contribution in [2.24, 2.45) is 5.73 Å². The van der Waals surface area contributed by atoms with Gasteiger partial charge in [-0.1, -0.05) is 66.7 Å². The highest BCUT2D eigenvalue weighted by atomic mass is 16.5. The standard InChI is InChI=1S/C26H20N4O2/c1-31-20-9-5-8-19(14-20)24-23-22(21(15-27)25(28)32-26(23)30-29-24)18-12-10-17(11-13-18)16-6-3-2-4-7-16/h2-14,22H,28H2,1H3,(H,29,30)/t22-/m1/s1. The summed E-state index contributed by atoms with van der Waals surface area (Å²) in [6, 6.07) is 28.2. The Kier molecular flexibility index (Phi) is 4.85. The normalized spacial score (nSPS) is 14.9. The second-order valence-corrected chi connectivity index (χ2v) is 7.46. The molecule has 1 aliphatic rings. The molecule has 156 valence electrons. The molecule has 6 nitrogen and oxygen atoms in total. The Hall–Kier alpha value is -4.50. The molecule has 5 rings (SSSR count). The van der Waals surface area contributed by atoms with Crippen LogP contribution in [-0.4, -0.2) is 17.3 Å². The summed E-state index contributed by atoms with van der Waals surface area (Å²) < 4.78 is 11.1. The first-order valence-electron chi connectivity index (χ1n) is 10.1. The quantitative estimate of drug-likeness (QED) is 0.486. The number of rotatable bonds is 4. The minimum atomic E-state index is -0.409. The van der Waals surface area contributed by atoms with E-state index in [1.807, 2.05) is 54.6 Å². The highest BCUT2D eigenvalue weighted by molar-refractivity contribution is 5.72. The number of ether oxygens (including phenoxy) is 2. The summed E-state index contributed by atoms with van der Waals surface area (Å²) in [5.41, 5.74) is 12.0. The second-order valence-electron chi connectivity index (χ2n) is 7.46. The van der Waals surface area contributed by atoms with Crippen molar-refractivity contribution in [2.75, 3.05) is 7.11 Å². The van der Waals surface area contributed by atoms with Crippen LogP contribution in [0.4, 0.5) is 0 Å². The zero-order valence-electron chi connectivity index (χ0n) is 17.4. The van der Waals surface area contributed by atoms with Gasteiger partial charge in [-0.25, -0.2) is 0 Å². The van der Waals surface area contributed by atoms with Crippen LogP contribution in [0.2, 0.25) is 0 Å². The maximum absolute atomic E-state index is 9.91. The summed E-state index contributed by atoms with van der Waals surface area (Å²) in [6.07, 6.45) is 0. The number of H-pyrrole nitrogens is 1. The number of methoxy groups -OCH3 is 1. The van der Waals surface area contributed by atoms with Gasteiger partial charge in [0.2, 0.25) is 11.8 Å². The molecule has 0 aliphatic carbocycles. The number of aromatic nitrogens is 2. The van der Waals surface area contributed by atoms with E-state index >= 15 is 0 Å². The maximum Gasteiger partial charge on any atom is 0.244 e. The van der Waals surface area contributed by atoms with E-state index in [-0.39, 0.29) is 5.88 Å². The molecule has 3 N–H and O–H groups in total. The molecule has 6 heteroatoms. The number of benzene rings is 3. The van der Waals surface area contributed by atoms with Crippen molar-refractivity contribution in [3.05, 3.63) is 101 Å². The first kappa shape index (κ1) is 19.5. The number of allylic oxidation sites excluding steroid dienone is 1. The first-order valence-corrected chi connectivity index (χ1v) is 10.1. The molecule has 2 heterocycles. The van der Waals surface area contributed by atoms with E-state index in [9.17, 15) is 5.26 Å². The van der Waals surface area contributed by atoms with Gasteiger partial charge in [-0.05, 0) is 28.8 Å². The number of aromatic amines is 1. The first-order chi connectivity index (χ1) is 15.7. The number of hydrogen-bond donors (Lipinski definition) is 2. The van der Waals surface area contributed by atoms with Crippen molar-refractivity contribution >= 4 is 0 Å². The van der Waals surface area contributed by atoms with Gasteiger partial charge >= 0.3 is 0 Å². The third-order valence-electron chi connectivity index (χ3n) is 5.65. The van der Waals surface area contributed by atoms with Crippen LogP contribution >= 0.6 is 0 Å². The van der Waals surface area contributed by atoms with Crippen molar-refractivity contribution in [1.29, 1.82) is 5.26 Å². The monoisotopic (exact) mass is 420 g/mol. The fourth-order valence-corrected chi connectivity index (χ4v) is 4.08. The predicted molar refractivity (Wildman–Crippen MR) is 122 cm³/mol. The van der Waals surface area contributed by atoms with Crippen LogP contribution in [0.3, 0.4) is 0 Å². The summed E-state index contributed by atoms with van der Waals surface area (Å²) >= 11 is 0. The summed E-state index contributed by atoms with van der Waals surface area (Å²) in [5, 5.41) is 17.3. The number of hydrogen-bond acceptors (Lipinski definition) is 5. The van der Waals surface area contributed by atoms with Crippen LogP contribution in [0.1, 0.15) is 17.0 Å². The van der Waals surface area contributed by atoms with Gasteiger partial charge in [0.25, 0.3) is 0 Å². The molecule has 1 aromatic heterocycles. The van der Waals surface area contributed by atoms with Crippen LogP contribution < -0.4 is 15.2 Å². The topological polar surface area (TPSA) is 97.0 Å². The van der Waals surface area contributed by atoms with E-state index in [0.717, 1.165) is 39.3 Å². The Bertz CT molecular complexity index is 1350. The zero-order valence-corrected chi connectivity index (χ0v) is 17.4. The fourth-order valence-electron chi connectivity index (χ4n) is 4.08. The number of nitriles is 1. The van der Waals surface area contributed by atoms with E-state index in [2.05, 4.69) is 40.5 Å². The molecule has 0 bridgehead atoms. The van der Waals surface area contributed by atoms with Gasteiger partial charge in [-0.3, -0.25) is 5.10 Å². The smallest absolute Gasteiger partial charge is 0.244 e. The van der Waals surface area contributed by atoms with Crippen LogP contribution in [-0.2, 0) is 0 Å². The van der Waals surface area contributed by atoms with Crippen molar-refractivity contribution in [1.82, 2.24) is 10.2 Å². The van der Waals surface area contributed by atoms with E-state index in [1.165, 1.54) is 0 Å². The number of nitrogens with two attached hydrogens (primary N) is 1. The second kappa shape index (κ2) is 7.97. The zero-order chi connectivity index (χ0) is 22.1. The van der Waals surface area contributed by atoms with Gasteiger partial charge < -0.3 is 15.2 Å². The van der Waals surface area contributed by atoms with Crippen molar-refractivity contribution < 1.29 is 9.47 Å². The molecule has 32 heavy (non-hydrogen) atoms. The average molecular weight is 420 g/mol. The van der Waals surface area contributed by atoms with Crippen molar-refractivity contribution in [3.63, 3.8) is 0 Å². The molecular weight excluding hydrogens is 400 g/mol. The molecule has 1 aliphatic heterocycles. The van der Waals surface area contributed by atoms with E-state index < -0.39 is 5.92 Å². The fraction of sp³-hybridized carbons (Fsp3) is 0.0769. The lowest BCUT2D eigenvalue weighted by Crippen LogP contribution is -2.21. The molecule has 0 fully saturated rings. The summed E-state index contributed by atoms with van der Waals surface area (Å²) in [4.78, 5) is 0. The van der Waals surface area contributed by atoms with Gasteiger partial charge in [-0.15, -0.1) is 5.10 Å². The lowest BCUT2D eigenvalue weighted by atomic mass is 9.82. The minimum absolute atomic E-state index is 0.0702. The summed E-state index contributed by atoms with van der Waals surface area (Å²) in [5.74, 6) is 0.757. The number of fused-ring (bicyclic) bond motifs is 1. The van der Waals surface area contributed by atoms with Crippen LogP contribution in [0.15, 0.2) is 90.3 Å². The van der Waals surface area contributed by atoms with Gasteiger partial charge in [0.05, 0.1) is 24.3 Å². The lowest BCUT2D eigenvalue weighted by molar-refractivity contribution is 0.379. The molecule has 0 saturated heterocycles. The molecule has 1 atom stereocenters. The van der Waals surface area contributed by atoms with Gasteiger partial charge in [0.1, 0.15) is 17.4 Å². The Balaban J connectivity index is 1.64. The molecule has 0 saturated carbocycles. The molecular formula is C26H20N4O2. The van der Waals surface area contributed by atoms with Gasteiger partial charge in [0, 0.05) is 5.56 Å². The van der Waals surface area contributed by atoms with E-state index in [0.29, 0.717) is 11.5 Å². The van der Waals surface area contributed by atoms with Crippen LogP contribution in [0, 0.1) is 11.3 Å². The maximum atomic E-state index is 9.91. The Morgan fingerprint density at radius 2 is 1.69 bits per heavy atom. The van der Waals surface area contributed by atoms with Crippen molar-refractivity contribution in [2.45, 2.75) is 5.92 Å². The Morgan fingerprint density at radius 3 is 2.41 bits per heavy atom. The van der Waals surface area contributed by atoms with E-state index in [1.54, 1.807) is 7.11 Å². The van der Waals surface area contributed by atoms with Crippen LogP contribution in [0.5, 0.6) is 11.6 Å². The molecule has 0 spiro atoms. The summed E-state index contributed by atoms with van der Waals surface area (Å²) in [6.45, 7) is 0. The van der Waals surface area contributed by atoms with Crippen molar-refractivity contribution in [3.8, 4) is 40.1 Å². The van der Waals surface area contributed by atoms with Gasteiger partial charge in [-0.2, -0.15) is 5.26 Å². The molecule has 0 radical (unpaired) electrons. The summed E-state index contributed by atoms with van der Waals surface area (Å²) in [7, 11) is 1.62. The minimum Gasteiger partial charge on any atom is -0.497 e. The molecule has 3 aromatic carbocycles. The Labute approximate surface area is 185 Å². The number of nitrogens with zero attached hydrogens (tertiary/aromatic N) is 2. The number of nitrogens with one attached hydrogen (secondary N) is 1. The third-order valence-corrected chi connectivity index (χ3v) is 5.65. The van der Waals surface area contributed by atoms with E-state index in [4.69, 9.17) is 15.2 Å². The molecule has 0 amide bonds. The largest absolute Gasteiger partial charge is 0.497 e. The predicted octanol–water partition coefficient (Wildman–Crippen LogP) is 4.97. The highest BCUT2D eigenvalue weighted by Crippen LogP contribution is 2.46. The molecule has 0 unspecified atom stereocenters. The average Bonchev–Trinajstić information content (AvgIpc) is 3.27. The lowest BCUT2D eigenvalue weighted by Gasteiger charge is -2.24. The van der Waals surface area contributed by atoms with Crippen LogP contribution in [0.25, 0.3) is 22.4 Å². The Morgan fingerprint density at radius 1 is 0.969 bits per heavy atom. The molecule has 4 aromatic rings. The van der Waals surface area contributed by atoms with Gasteiger partial charge in [0.15, 0.2) is 0 Å².